The average Bonchev–Trinajstić information content (AvgIpc) is 3.07. The van der Waals surface area contributed by atoms with Crippen LogP contribution in [0.15, 0.2) is 75.9 Å². The zero-order valence-corrected chi connectivity index (χ0v) is 26.8. The predicted octanol–water partition coefficient (Wildman–Crippen LogP) is 6.23. The van der Waals surface area contributed by atoms with Crippen LogP contribution < -0.4 is 24.7 Å². The van der Waals surface area contributed by atoms with E-state index in [1.807, 2.05) is 73.3 Å². The highest BCUT2D eigenvalue weighted by Crippen LogP contribution is 2.43. The minimum atomic E-state index is -0.492. The summed E-state index contributed by atoms with van der Waals surface area (Å²) in [5.74, 6) is 1.71. The summed E-state index contributed by atoms with van der Waals surface area (Å²) in [4.78, 5) is 43.4. The highest BCUT2D eigenvalue weighted by Gasteiger charge is 2.43. The third kappa shape index (κ3) is 6.32. The Kier molecular flexibility index (Phi) is 9.01. The number of nitrogens with zero attached hydrogens (tertiary/aromatic N) is 2. The molecule has 9 nitrogen and oxygen atoms in total. The Hall–Kier alpha value is -4.79. The number of carbonyl (C=O) groups excluding carboxylic acids is 2. The molecule has 2 fully saturated rings. The van der Waals surface area contributed by atoms with Crippen LogP contribution >= 0.6 is 0 Å². The largest absolute Gasteiger partial charge is 0.493 e. The van der Waals surface area contributed by atoms with E-state index in [1.54, 1.807) is 25.2 Å². The van der Waals surface area contributed by atoms with Gasteiger partial charge in [-0.15, -0.1) is 0 Å². The number of amides is 2. The van der Waals surface area contributed by atoms with Gasteiger partial charge in [0, 0.05) is 42.7 Å². The first-order chi connectivity index (χ1) is 22.2. The second-order valence-corrected chi connectivity index (χ2v) is 12.3. The van der Waals surface area contributed by atoms with Crippen molar-refractivity contribution in [2.75, 3.05) is 38.8 Å². The molecule has 4 aromatic rings. The molecule has 1 aromatic heterocycles. The number of fused-ring (bicyclic) bond motifs is 1. The quantitative estimate of drug-likeness (QED) is 0.215. The second kappa shape index (κ2) is 13.3. The molecule has 0 aliphatic carbocycles. The number of methoxy groups -OCH3 is 2. The van der Waals surface area contributed by atoms with Crippen molar-refractivity contribution in [3.8, 4) is 17.2 Å². The van der Waals surface area contributed by atoms with Gasteiger partial charge in [0.05, 0.1) is 32.8 Å². The second-order valence-electron chi connectivity index (χ2n) is 12.3. The summed E-state index contributed by atoms with van der Waals surface area (Å²) in [6, 6.07) is 20.1. The third-order valence-electron chi connectivity index (χ3n) is 9.31. The Morgan fingerprint density at radius 1 is 0.870 bits per heavy atom. The van der Waals surface area contributed by atoms with Gasteiger partial charge in [-0.1, -0.05) is 23.8 Å². The van der Waals surface area contributed by atoms with Crippen LogP contribution in [-0.2, 0) is 9.59 Å². The van der Waals surface area contributed by atoms with Gasteiger partial charge in [-0.2, -0.15) is 0 Å². The number of carbonyl (C=O) groups is 2. The van der Waals surface area contributed by atoms with Gasteiger partial charge >= 0.3 is 5.63 Å². The van der Waals surface area contributed by atoms with Gasteiger partial charge in [0.2, 0.25) is 11.8 Å². The molecule has 240 valence electrons. The molecule has 2 aliphatic rings. The molecular formula is C37H40N2O7. The molecule has 3 aromatic carbocycles. The summed E-state index contributed by atoms with van der Waals surface area (Å²) < 4.78 is 22.6. The monoisotopic (exact) mass is 624 g/mol. The standard InChI is InChI=1S/C37H40N2O7/c1-23-5-8-27(9-6-23)39-34(40)14-12-30(36(39)26-7-13-31(43-3)33(20-26)44-4)37(42)38-17-15-25(16-18-38)22-45-28-10-11-29-24(2)19-35(41)46-32(29)21-28/h5-11,13,19-21,25,30,36H,12,14-18,22H2,1-4H3. The molecule has 46 heavy (non-hydrogen) atoms. The van der Waals surface area contributed by atoms with Crippen molar-refractivity contribution >= 4 is 28.5 Å². The summed E-state index contributed by atoms with van der Waals surface area (Å²) in [5, 5.41) is 0.885. The number of piperidine rings is 2. The highest BCUT2D eigenvalue weighted by atomic mass is 16.5. The lowest BCUT2D eigenvalue weighted by atomic mass is 9.82. The molecule has 0 N–H and O–H groups in total. The Labute approximate surface area is 268 Å². The van der Waals surface area contributed by atoms with E-state index in [1.165, 1.54) is 6.07 Å². The third-order valence-corrected chi connectivity index (χ3v) is 9.31. The Bertz CT molecular complexity index is 1790. The van der Waals surface area contributed by atoms with Crippen LogP contribution in [0.5, 0.6) is 17.2 Å². The zero-order chi connectivity index (χ0) is 32.4. The van der Waals surface area contributed by atoms with Crippen molar-refractivity contribution in [3.05, 3.63) is 93.8 Å². The average molecular weight is 625 g/mol. The Morgan fingerprint density at radius 2 is 1.61 bits per heavy atom. The fourth-order valence-corrected chi connectivity index (χ4v) is 6.74. The van der Waals surface area contributed by atoms with Crippen LogP contribution in [0.4, 0.5) is 5.69 Å². The molecule has 0 spiro atoms. The van der Waals surface area contributed by atoms with E-state index in [0.717, 1.165) is 40.6 Å². The van der Waals surface area contributed by atoms with Gasteiger partial charge in [0.1, 0.15) is 11.3 Å². The maximum absolute atomic E-state index is 14.3. The van der Waals surface area contributed by atoms with Crippen molar-refractivity contribution in [3.63, 3.8) is 0 Å². The first-order valence-corrected chi connectivity index (χ1v) is 15.8. The number of hydrogen-bond donors (Lipinski definition) is 0. The summed E-state index contributed by atoms with van der Waals surface area (Å²) in [6.45, 7) is 5.64. The molecule has 2 saturated heterocycles. The zero-order valence-electron chi connectivity index (χ0n) is 26.8. The normalized spacial score (nSPS) is 18.9. The number of rotatable bonds is 8. The molecule has 6 rings (SSSR count). The first kappa shape index (κ1) is 31.2. The van der Waals surface area contributed by atoms with E-state index in [2.05, 4.69) is 0 Å². The molecular weight excluding hydrogens is 584 g/mol. The van der Waals surface area contributed by atoms with Gasteiger partial charge < -0.3 is 28.4 Å². The minimum absolute atomic E-state index is 0.00771. The van der Waals surface area contributed by atoms with Crippen molar-refractivity contribution in [1.82, 2.24) is 4.90 Å². The molecule has 0 saturated carbocycles. The number of benzene rings is 3. The van der Waals surface area contributed by atoms with E-state index < -0.39 is 12.0 Å². The molecule has 9 heteroatoms. The Balaban J connectivity index is 1.18. The van der Waals surface area contributed by atoms with Gasteiger partial charge in [0.25, 0.3) is 0 Å². The molecule has 0 radical (unpaired) electrons. The van der Waals surface area contributed by atoms with Crippen LogP contribution in [0.25, 0.3) is 11.0 Å². The van der Waals surface area contributed by atoms with Crippen molar-refractivity contribution in [2.45, 2.75) is 45.6 Å². The molecule has 0 bridgehead atoms. The van der Waals surface area contributed by atoms with Gasteiger partial charge in [-0.3, -0.25) is 9.59 Å². The van der Waals surface area contributed by atoms with E-state index in [-0.39, 0.29) is 23.4 Å². The number of likely N-dealkylation sites (tertiary alicyclic amines) is 1. The predicted molar refractivity (Wildman–Crippen MR) is 176 cm³/mol. The van der Waals surface area contributed by atoms with E-state index >= 15 is 0 Å². The summed E-state index contributed by atoms with van der Waals surface area (Å²) in [6.07, 6.45) is 2.38. The molecule has 2 amide bonds. The van der Waals surface area contributed by atoms with Gasteiger partial charge in [0.15, 0.2) is 11.5 Å². The number of hydrogen-bond acceptors (Lipinski definition) is 7. The van der Waals surface area contributed by atoms with E-state index in [0.29, 0.717) is 55.4 Å². The SMILES string of the molecule is COc1ccc(C2C(C(=O)N3CCC(COc4ccc5c(C)cc(=O)oc5c4)CC3)CCC(=O)N2c2ccc(C)cc2)cc1OC. The maximum Gasteiger partial charge on any atom is 0.336 e. The number of aryl methyl sites for hydroxylation is 2. The number of ether oxygens (including phenoxy) is 3. The first-order valence-electron chi connectivity index (χ1n) is 15.8. The fourth-order valence-electron chi connectivity index (χ4n) is 6.74. The molecule has 2 unspecified atom stereocenters. The Morgan fingerprint density at radius 3 is 2.33 bits per heavy atom. The van der Waals surface area contributed by atoms with E-state index in [4.69, 9.17) is 18.6 Å². The van der Waals surface area contributed by atoms with Crippen LogP contribution in [0.3, 0.4) is 0 Å². The fraction of sp³-hybridized carbons (Fsp3) is 0.378. The summed E-state index contributed by atoms with van der Waals surface area (Å²) in [7, 11) is 3.17. The van der Waals surface area contributed by atoms with Crippen molar-refractivity contribution < 1.29 is 28.2 Å². The van der Waals surface area contributed by atoms with E-state index in [9.17, 15) is 14.4 Å². The van der Waals surface area contributed by atoms with Crippen molar-refractivity contribution in [1.29, 1.82) is 0 Å². The lowest BCUT2D eigenvalue weighted by Gasteiger charge is -2.43. The summed E-state index contributed by atoms with van der Waals surface area (Å²) in [5.41, 5.74) is 3.70. The smallest absolute Gasteiger partial charge is 0.336 e. The molecule has 2 aliphatic heterocycles. The minimum Gasteiger partial charge on any atom is -0.493 e. The van der Waals surface area contributed by atoms with Crippen LogP contribution in [0.1, 0.15) is 48.4 Å². The molecule has 2 atom stereocenters. The van der Waals surface area contributed by atoms with Crippen molar-refractivity contribution in [2.24, 2.45) is 11.8 Å². The van der Waals surface area contributed by atoms with Crippen LogP contribution in [-0.4, -0.2) is 50.6 Å². The highest BCUT2D eigenvalue weighted by molar-refractivity contribution is 5.97. The summed E-state index contributed by atoms with van der Waals surface area (Å²) >= 11 is 0. The van der Waals surface area contributed by atoms with Gasteiger partial charge in [-0.05, 0) is 86.6 Å². The van der Waals surface area contributed by atoms with Crippen LogP contribution in [0.2, 0.25) is 0 Å². The maximum atomic E-state index is 14.3. The lowest BCUT2D eigenvalue weighted by Crippen LogP contribution is -2.51. The molecule has 3 heterocycles. The lowest BCUT2D eigenvalue weighted by molar-refractivity contribution is -0.139. The topological polar surface area (TPSA) is 98.5 Å². The number of anilines is 1. The van der Waals surface area contributed by atoms with Gasteiger partial charge in [-0.25, -0.2) is 4.79 Å². The van der Waals surface area contributed by atoms with Crippen LogP contribution in [0, 0.1) is 25.7 Å².